The highest BCUT2D eigenvalue weighted by Crippen LogP contribution is 2.10. The molecule has 1 saturated heterocycles. The smallest absolute Gasteiger partial charge is 0.214 e. The molecule has 0 aromatic heterocycles. The lowest BCUT2D eigenvalue weighted by Gasteiger charge is -2.33. The molecular formula is C14H21N3O2S2. The predicted molar refractivity (Wildman–Crippen MR) is 88.7 cm³/mol. The summed E-state index contributed by atoms with van der Waals surface area (Å²) in [6.45, 7) is 2.95. The summed E-state index contributed by atoms with van der Waals surface area (Å²) in [5, 5.41) is 0. The Kier molecular flexibility index (Phi) is 5.69. The van der Waals surface area contributed by atoms with Gasteiger partial charge in [-0.25, -0.2) is 8.42 Å². The van der Waals surface area contributed by atoms with Gasteiger partial charge in [-0.1, -0.05) is 42.5 Å². The van der Waals surface area contributed by atoms with E-state index in [1.54, 1.807) is 4.31 Å². The molecule has 0 bridgehead atoms. The molecule has 1 aromatic rings. The van der Waals surface area contributed by atoms with Crippen molar-refractivity contribution in [2.45, 2.75) is 6.42 Å². The fourth-order valence-corrected chi connectivity index (χ4v) is 4.06. The van der Waals surface area contributed by atoms with Gasteiger partial charge in [-0.2, -0.15) is 4.31 Å². The zero-order valence-corrected chi connectivity index (χ0v) is 13.6. The molecule has 1 fully saturated rings. The average Bonchev–Trinajstić information content (AvgIpc) is 2.46. The molecule has 1 heterocycles. The number of nitrogens with zero attached hydrogens (tertiary/aromatic N) is 2. The molecule has 2 rings (SSSR count). The van der Waals surface area contributed by atoms with Crippen molar-refractivity contribution in [3.8, 4) is 0 Å². The summed E-state index contributed by atoms with van der Waals surface area (Å²) >= 11 is 4.88. The molecule has 0 saturated carbocycles. The normalized spacial score (nSPS) is 17.7. The van der Waals surface area contributed by atoms with Crippen LogP contribution in [0.1, 0.15) is 5.56 Å². The zero-order chi connectivity index (χ0) is 15.3. The van der Waals surface area contributed by atoms with Crippen LogP contribution in [0.5, 0.6) is 0 Å². The van der Waals surface area contributed by atoms with Gasteiger partial charge in [0.2, 0.25) is 10.0 Å². The molecule has 1 aromatic carbocycles. The summed E-state index contributed by atoms with van der Waals surface area (Å²) in [6.07, 6.45) is 0.552. The zero-order valence-electron chi connectivity index (χ0n) is 11.9. The number of sulfonamides is 1. The number of hydrogen-bond acceptors (Lipinski definition) is 4. The summed E-state index contributed by atoms with van der Waals surface area (Å²) in [5.41, 5.74) is 6.56. The maximum atomic E-state index is 12.3. The third-order valence-electron chi connectivity index (χ3n) is 3.60. The third-order valence-corrected chi connectivity index (χ3v) is 5.60. The first kappa shape index (κ1) is 16.4. The van der Waals surface area contributed by atoms with Gasteiger partial charge in [0.1, 0.15) is 0 Å². The second kappa shape index (κ2) is 7.31. The van der Waals surface area contributed by atoms with E-state index in [4.69, 9.17) is 18.0 Å². The molecule has 0 aliphatic carbocycles. The molecule has 1 aliphatic rings. The van der Waals surface area contributed by atoms with Crippen LogP contribution in [0, 0.1) is 0 Å². The minimum atomic E-state index is -3.19. The van der Waals surface area contributed by atoms with E-state index >= 15 is 0 Å². The van der Waals surface area contributed by atoms with Gasteiger partial charge in [0.05, 0.1) is 10.7 Å². The van der Waals surface area contributed by atoms with Gasteiger partial charge in [0.25, 0.3) is 0 Å². The largest absolute Gasteiger partial charge is 0.392 e. The maximum absolute atomic E-state index is 12.3. The van der Waals surface area contributed by atoms with Crippen LogP contribution in [0.2, 0.25) is 0 Å². The van der Waals surface area contributed by atoms with E-state index in [-0.39, 0.29) is 5.75 Å². The number of benzene rings is 1. The van der Waals surface area contributed by atoms with Crippen molar-refractivity contribution in [1.82, 2.24) is 9.21 Å². The van der Waals surface area contributed by atoms with E-state index in [1.165, 1.54) is 0 Å². The highest BCUT2D eigenvalue weighted by molar-refractivity contribution is 7.89. The van der Waals surface area contributed by atoms with E-state index in [0.29, 0.717) is 44.1 Å². The fourth-order valence-electron chi connectivity index (χ4n) is 2.41. The highest BCUT2D eigenvalue weighted by atomic mass is 32.2. The molecule has 0 amide bonds. The summed E-state index contributed by atoms with van der Waals surface area (Å²) in [4.78, 5) is 2.54. The number of piperazine rings is 1. The lowest BCUT2D eigenvalue weighted by Crippen LogP contribution is -2.50. The summed E-state index contributed by atoms with van der Waals surface area (Å²) in [5.74, 6) is 0.159. The standard InChI is InChI=1S/C14H21N3O2S2/c15-14(20)12-16-7-9-17(10-8-16)21(18,19)11-6-13-4-2-1-3-5-13/h1-5H,6-12H2,(H2,15,20). The number of aryl methyl sites for hydroxylation is 1. The van der Waals surface area contributed by atoms with Crippen LogP contribution in [0.15, 0.2) is 30.3 Å². The molecule has 2 N–H and O–H groups in total. The molecule has 7 heteroatoms. The fraction of sp³-hybridized carbons (Fsp3) is 0.500. The monoisotopic (exact) mass is 327 g/mol. The van der Waals surface area contributed by atoms with Gasteiger partial charge < -0.3 is 5.73 Å². The van der Waals surface area contributed by atoms with Crippen molar-refractivity contribution < 1.29 is 8.42 Å². The Bertz CT molecular complexity index is 567. The van der Waals surface area contributed by atoms with Crippen molar-refractivity contribution >= 4 is 27.2 Å². The second-order valence-electron chi connectivity index (χ2n) is 5.19. The molecular weight excluding hydrogens is 306 g/mol. The lowest BCUT2D eigenvalue weighted by molar-refractivity contribution is 0.209. The van der Waals surface area contributed by atoms with Crippen molar-refractivity contribution in [3.63, 3.8) is 0 Å². The number of nitrogens with two attached hydrogens (primary N) is 1. The Hall–Kier alpha value is -1.02. The van der Waals surface area contributed by atoms with E-state index in [1.807, 2.05) is 30.3 Å². The lowest BCUT2D eigenvalue weighted by atomic mass is 10.2. The first-order valence-electron chi connectivity index (χ1n) is 7.00. The van der Waals surface area contributed by atoms with Crippen molar-refractivity contribution in [3.05, 3.63) is 35.9 Å². The van der Waals surface area contributed by atoms with Crippen molar-refractivity contribution in [2.75, 3.05) is 38.5 Å². The van der Waals surface area contributed by atoms with Crippen LogP contribution in [0.4, 0.5) is 0 Å². The minimum Gasteiger partial charge on any atom is -0.392 e. The SMILES string of the molecule is NC(=S)CN1CCN(S(=O)(=O)CCc2ccccc2)CC1. The molecule has 0 unspecified atom stereocenters. The van der Waals surface area contributed by atoms with Gasteiger partial charge >= 0.3 is 0 Å². The summed E-state index contributed by atoms with van der Waals surface area (Å²) in [6, 6.07) is 9.69. The van der Waals surface area contributed by atoms with Gasteiger partial charge in [-0.15, -0.1) is 0 Å². The van der Waals surface area contributed by atoms with Crippen molar-refractivity contribution in [1.29, 1.82) is 0 Å². The van der Waals surface area contributed by atoms with Gasteiger partial charge in [0.15, 0.2) is 0 Å². The van der Waals surface area contributed by atoms with Crippen LogP contribution in [-0.2, 0) is 16.4 Å². The van der Waals surface area contributed by atoms with E-state index in [9.17, 15) is 8.42 Å². The Morgan fingerprint density at radius 3 is 2.33 bits per heavy atom. The second-order valence-corrected chi connectivity index (χ2v) is 7.81. The van der Waals surface area contributed by atoms with Crippen molar-refractivity contribution in [2.24, 2.45) is 5.73 Å². The summed E-state index contributed by atoms with van der Waals surface area (Å²) < 4.78 is 26.3. The Labute approximate surface area is 131 Å². The molecule has 1 aliphatic heterocycles. The first-order valence-corrected chi connectivity index (χ1v) is 9.01. The predicted octanol–water partition coefficient (Wildman–Crippen LogP) is 0.463. The average molecular weight is 327 g/mol. The first-order chi connectivity index (χ1) is 9.97. The number of hydrogen-bond donors (Lipinski definition) is 1. The van der Waals surface area contributed by atoms with E-state index in [2.05, 4.69) is 4.90 Å². The molecule has 0 atom stereocenters. The Morgan fingerprint density at radius 2 is 1.76 bits per heavy atom. The third kappa shape index (κ3) is 5.03. The molecule has 5 nitrogen and oxygen atoms in total. The Morgan fingerprint density at radius 1 is 1.14 bits per heavy atom. The van der Waals surface area contributed by atoms with E-state index < -0.39 is 10.0 Å². The molecule has 116 valence electrons. The number of rotatable bonds is 6. The Balaban J connectivity index is 1.85. The highest BCUT2D eigenvalue weighted by Gasteiger charge is 2.26. The molecule has 0 radical (unpaired) electrons. The van der Waals surface area contributed by atoms with Gasteiger partial charge in [-0.3, -0.25) is 4.90 Å². The van der Waals surface area contributed by atoms with Crippen LogP contribution in [-0.4, -0.2) is 61.1 Å². The van der Waals surface area contributed by atoms with Crippen LogP contribution >= 0.6 is 12.2 Å². The van der Waals surface area contributed by atoms with Crippen LogP contribution in [0.3, 0.4) is 0 Å². The topological polar surface area (TPSA) is 66.6 Å². The van der Waals surface area contributed by atoms with Gasteiger partial charge in [0, 0.05) is 32.7 Å². The minimum absolute atomic E-state index is 0.159. The van der Waals surface area contributed by atoms with Gasteiger partial charge in [-0.05, 0) is 12.0 Å². The maximum Gasteiger partial charge on any atom is 0.214 e. The molecule has 21 heavy (non-hydrogen) atoms. The molecule has 0 spiro atoms. The quantitative estimate of drug-likeness (QED) is 0.769. The summed E-state index contributed by atoms with van der Waals surface area (Å²) in [7, 11) is -3.19. The van der Waals surface area contributed by atoms with Crippen LogP contribution < -0.4 is 5.73 Å². The van der Waals surface area contributed by atoms with E-state index in [0.717, 1.165) is 5.56 Å². The van der Waals surface area contributed by atoms with Crippen LogP contribution in [0.25, 0.3) is 0 Å². The number of thiocarbonyl (C=S) groups is 1.